The number of carbonyl (C=O) groups excluding carboxylic acids is 2. The normalized spacial score (nSPS) is 11.0. The Bertz CT molecular complexity index is 815. The topological polar surface area (TPSA) is 67.2 Å². The number of benzene rings is 1. The van der Waals surface area contributed by atoms with E-state index in [1.165, 1.54) is 11.0 Å². The number of rotatable bonds is 8. The Balaban J connectivity index is 1.95. The Kier molecular flexibility index (Phi) is 7.61. The predicted molar refractivity (Wildman–Crippen MR) is 109 cm³/mol. The number of likely N-dealkylation sites (N-methyl/N-ethyl adjacent to an activating group) is 1. The van der Waals surface area contributed by atoms with Crippen LogP contribution < -0.4 is 5.32 Å². The van der Waals surface area contributed by atoms with Gasteiger partial charge in [0.2, 0.25) is 11.8 Å². The van der Waals surface area contributed by atoms with Gasteiger partial charge in [-0.25, -0.2) is 0 Å². The average molecular weight is 389 g/mol. The Morgan fingerprint density at radius 1 is 1.30 bits per heavy atom. The molecule has 0 spiro atoms. The number of aromatic nitrogens is 2. The number of para-hydroxylation sites is 1. The fourth-order valence-electron chi connectivity index (χ4n) is 2.51. The molecular weight excluding hydrogens is 364 g/mol. The van der Waals surface area contributed by atoms with Crippen LogP contribution in [0.15, 0.2) is 36.4 Å². The highest BCUT2D eigenvalue weighted by molar-refractivity contribution is 6.31. The molecule has 1 aromatic heterocycles. The van der Waals surface area contributed by atoms with Gasteiger partial charge >= 0.3 is 0 Å². The lowest BCUT2D eigenvalue weighted by Crippen LogP contribution is -2.33. The van der Waals surface area contributed by atoms with Gasteiger partial charge in [-0.15, -0.1) is 0 Å². The number of nitrogens with one attached hydrogen (secondary N) is 1. The second-order valence-electron chi connectivity index (χ2n) is 6.31. The molecule has 144 valence electrons. The first-order chi connectivity index (χ1) is 12.9. The highest BCUT2D eigenvalue weighted by atomic mass is 35.5. The largest absolute Gasteiger partial charge is 0.333 e. The van der Waals surface area contributed by atoms with Crippen molar-refractivity contribution in [3.05, 3.63) is 52.8 Å². The molecule has 1 aromatic carbocycles. The van der Waals surface area contributed by atoms with Gasteiger partial charge in [-0.05, 0) is 31.6 Å². The Morgan fingerprint density at radius 3 is 2.67 bits per heavy atom. The first-order valence-corrected chi connectivity index (χ1v) is 9.31. The van der Waals surface area contributed by atoms with E-state index in [0.717, 1.165) is 30.6 Å². The first-order valence-electron chi connectivity index (χ1n) is 8.93. The quantitative estimate of drug-likeness (QED) is 0.700. The van der Waals surface area contributed by atoms with Crippen LogP contribution in [0.3, 0.4) is 0 Å². The van der Waals surface area contributed by atoms with Crippen molar-refractivity contribution in [1.82, 2.24) is 14.7 Å². The molecule has 0 aliphatic carbocycles. The molecule has 0 bridgehead atoms. The monoisotopic (exact) mass is 388 g/mol. The lowest BCUT2D eigenvalue weighted by Gasteiger charge is -2.14. The van der Waals surface area contributed by atoms with Gasteiger partial charge in [0.25, 0.3) is 0 Å². The maximum Gasteiger partial charge on any atom is 0.246 e. The highest BCUT2D eigenvalue weighted by Crippen LogP contribution is 2.21. The van der Waals surface area contributed by atoms with Crippen molar-refractivity contribution in [3.8, 4) is 0 Å². The average Bonchev–Trinajstić information content (AvgIpc) is 2.91. The van der Waals surface area contributed by atoms with Crippen molar-refractivity contribution in [2.24, 2.45) is 0 Å². The molecule has 0 saturated carbocycles. The van der Waals surface area contributed by atoms with Crippen LogP contribution in [0.25, 0.3) is 6.08 Å². The summed E-state index contributed by atoms with van der Waals surface area (Å²) in [5.74, 6) is -0.540. The number of hydrogen-bond donors (Lipinski definition) is 1. The van der Waals surface area contributed by atoms with Crippen molar-refractivity contribution in [2.75, 3.05) is 18.9 Å². The van der Waals surface area contributed by atoms with Gasteiger partial charge in [0, 0.05) is 30.9 Å². The van der Waals surface area contributed by atoms with Gasteiger partial charge < -0.3 is 10.2 Å². The molecule has 0 fully saturated rings. The summed E-state index contributed by atoms with van der Waals surface area (Å²) in [6, 6.07) is 9.12. The number of hydrogen-bond acceptors (Lipinski definition) is 3. The second-order valence-corrected chi connectivity index (χ2v) is 6.67. The van der Waals surface area contributed by atoms with Crippen molar-refractivity contribution in [2.45, 2.75) is 33.2 Å². The highest BCUT2D eigenvalue weighted by Gasteiger charge is 2.13. The van der Waals surface area contributed by atoms with Crippen LogP contribution in [0.1, 0.15) is 31.0 Å². The Labute approximate surface area is 164 Å². The van der Waals surface area contributed by atoms with E-state index in [1.54, 1.807) is 29.9 Å². The minimum atomic E-state index is -0.282. The Hall–Kier alpha value is -2.60. The van der Waals surface area contributed by atoms with Crippen LogP contribution in [0.2, 0.25) is 5.15 Å². The molecule has 2 aromatic rings. The van der Waals surface area contributed by atoms with E-state index in [2.05, 4.69) is 17.3 Å². The van der Waals surface area contributed by atoms with E-state index in [0.29, 0.717) is 10.8 Å². The van der Waals surface area contributed by atoms with E-state index in [-0.39, 0.29) is 18.4 Å². The zero-order valence-electron chi connectivity index (χ0n) is 15.9. The van der Waals surface area contributed by atoms with Crippen LogP contribution in [0.4, 0.5) is 5.69 Å². The van der Waals surface area contributed by atoms with E-state index >= 15 is 0 Å². The molecule has 1 heterocycles. The zero-order chi connectivity index (χ0) is 19.8. The predicted octanol–water partition coefficient (Wildman–Crippen LogP) is 3.76. The van der Waals surface area contributed by atoms with Crippen molar-refractivity contribution in [1.29, 1.82) is 0 Å². The van der Waals surface area contributed by atoms with Crippen LogP contribution >= 0.6 is 11.6 Å². The number of carbonyl (C=O) groups is 2. The van der Waals surface area contributed by atoms with E-state index in [1.807, 2.05) is 25.1 Å². The summed E-state index contributed by atoms with van der Waals surface area (Å²) in [5, 5.41) is 7.68. The molecule has 0 saturated heterocycles. The van der Waals surface area contributed by atoms with Crippen molar-refractivity contribution >= 4 is 35.2 Å². The lowest BCUT2D eigenvalue weighted by molar-refractivity contribution is -0.129. The number of unbranched alkanes of at least 4 members (excludes halogenated alkanes) is 1. The molecule has 27 heavy (non-hydrogen) atoms. The minimum absolute atomic E-state index is 0.0411. The third-order valence-electron chi connectivity index (χ3n) is 4.04. The van der Waals surface area contributed by atoms with Gasteiger partial charge in [0.05, 0.1) is 12.2 Å². The van der Waals surface area contributed by atoms with Crippen LogP contribution in [0, 0.1) is 6.92 Å². The summed E-state index contributed by atoms with van der Waals surface area (Å²) < 4.78 is 1.75. The van der Waals surface area contributed by atoms with E-state index in [4.69, 9.17) is 11.6 Å². The molecule has 2 rings (SSSR count). The lowest BCUT2D eigenvalue weighted by atomic mass is 10.2. The zero-order valence-corrected chi connectivity index (χ0v) is 16.7. The third kappa shape index (κ3) is 5.96. The summed E-state index contributed by atoms with van der Waals surface area (Å²) >= 11 is 6.36. The molecule has 0 unspecified atom stereocenters. The molecular formula is C20H25ClN4O2. The van der Waals surface area contributed by atoms with Gasteiger partial charge in [-0.3, -0.25) is 14.3 Å². The van der Waals surface area contributed by atoms with Crippen LogP contribution in [-0.4, -0.2) is 40.1 Å². The smallest absolute Gasteiger partial charge is 0.246 e. The molecule has 0 atom stereocenters. The number of anilines is 1. The maximum absolute atomic E-state index is 12.3. The fourth-order valence-corrected chi connectivity index (χ4v) is 2.83. The van der Waals surface area contributed by atoms with E-state index < -0.39 is 0 Å². The molecule has 0 aliphatic rings. The summed E-state index contributed by atoms with van der Waals surface area (Å²) in [5.41, 5.74) is 2.19. The van der Waals surface area contributed by atoms with Crippen molar-refractivity contribution in [3.63, 3.8) is 0 Å². The summed E-state index contributed by atoms with van der Waals surface area (Å²) in [7, 11) is 1.58. The van der Waals surface area contributed by atoms with Gasteiger partial charge in [0.15, 0.2) is 0 Å². The second kappa shape index (κ2) is 9.92. The van der Waals surface area contributed by atoms with Crippen LogP contribution in [-0.2, 0) is 16.1 Å². The fraction of sp³-hybridized carbons (Fsp3) is 0.350. The van der Waals surface area contributed by atoms with Crippen LogP contribution in [0.5, 0.6) is 0 Å². The minimum Gasteiger partial charge on any atom is -0.333 e. The maximum atomic E-state index is 12.3. The molecule has 0 aliphatic heterocycles. The third-order valence-corrected chi connectivity index (χ3v) is 4.44. The number of nitrogens with zero attached hydrogens (tertiary/aromatic N) is 3. The SMILES string of the molecule is CCCCn1nc(C)c(/C=C/C(=O)N(C)CC(=O)Nc2ccccc2)c1Cl. The summed E-state index contributed by atoms with van der Waals surface area (Å²) in [4.78, 5) is 25.7. The van der Waals surface area contributed by atoms with Gasteiger partial charge in [-0.1, -0.05) is 43.1 Å². The number of halogens is 1. The van der Waals surface area contributed by atoms with Gasteiger partial charge in [-0.2, -0.15) is 5.10 Å². The molecule has 2 amide bonds. The Morgan fingerprint density at radius 2 is 2.00 bits per heavy atom. The first kappa shape index (κ1) is 20.7. The van der Waals surface area contributed by atoms with Crippen molar-refractivity contribution < 1.29 is 9.59 Å². The molecule has 0 radical (unpaired) electrons. The number of amides is 2. The molecule has 1 N–H and O–H groups in total. The number of aryl methyl sites for hydroxylation is 2. The summed E-state index contributed by atoms with van der Waals surface area (Å²) in [6.07, 6.45) is 5.10. The standard InChI is InChI=1S/C20H25ClN4O2/c1-4-5-13-25-20(21)17(15(2)23-25)11-12-19(27)24(3)14-18(26)22-16-9-7-6-8-10-16/h6-12H,4-5,13-14H2,1-3H3,(H,22,26)/b12-11+. The van der Waals surface area contributed by atoms with Gasteiger partial charge in [0.1, 0.15) is 5.15 Å². The summed E-state index contributed by atoms with van der Waals surface area (Å²) in [6.45, 7) is 4.67. The van der Waals surface area contributed by atoms with E-state index in [9.17, 15) is 9.59 Å². The molecule has 7 heteroatoms. The molecule has 6 nitrogen and oxygen atoms in total.